The molecular formula is C27H32N4O6S2. The smallest absolute Gasteiger partial charge is 0.321 e. The van der Waals surface area contributed by atoms with E-state index in [-0.39, 0.29) is 58.8 Å². The Morgan fingerprint density at radius 3 is 2.59 bits per heavy atom. The zero-order valence-electron chi connectivity index (χ0n) is 21.9. The van der Waals surface area contributed by atoms with E-state index in [0.717, 1.165) is 11.3 Å². The van der Waals surface area contributed by atoms with Crippen LogP contribution in [0.15, 0.2) is 70.3 Å². The maximum absolute atomic E-state index is 13.6. The van der Waals surface area contributed by atoms with Crippen molar-refractivity contribution in [2.75, 3.05) is 36.8 Å². The van der Waals surface area contributed by atoms with Crippen LogP contribution in [-0.2, 0) is 10.0 Å². The fraction of sp³-hybridized carbons (Fsp3) is 0.333. The number of sulfonamides is 1. The van der Waals surface area contributed by atoms with Gasteiger partial charge in [-0.15, -0.1) is 11.3 Å². The van der Waals surface area contributed by atoms with Crippen LogP contribution in [0.1, 0.15) is 24.2 Å². The fourth-order valence-electron chi connectivity index (χ4n) is 4.22. The van der Waals surface area contributed by atoms with Gasteiger partial charge < -0.3 is 25.0 Å². The highest BCUT2D eigenvalue weighted by atomic mass is 32.2. The Balaban J connectivity index is 1.61. The second kappa shape index (κ2) is 12.1. The van der Waals surface area contributed by atoms with Crippen LogP contribution in [0.3, 0.4) is 0 Å². The molecule has 10 nitrogen and oxygen atoms in total. The second-order valence-corrected chi connectivity index (χ2v) is 12.4. The van der Waals surface area contributed by atoms with Gasteiger partial charge in [0.2, 0.25) is 0 Å². The number of ether oxygens (including phenoxy) is 1. The molecule has 3 aromatic rings. The van der Waals surface area contributed by atoms with Gasteiger partial charge in [0.1, 0.15) is 16.1 Å². The number of nitrogens with one attached hydrogen (secondary N) is 2. The van der Waals surface area contributed by atoms with E-state index in [2.05, 4.69) is 10.0 Å². The zero-order chi connectivity index (χ0) is 28.2. The molecule has 3 amide bonds. The molecule has 3 atom stereocenters. The summed E-state index contributed by atoms with van der Waals surface area (Å²) in [5, 5.41) is 14.4. The van der Waals surface area contributed by atoms with Crippen molar-refractivity contribution >= 4 is 44.7 Å². The Labute approximate surface area is 232 Å². The topological polar surface area (TPSA) is 128 Å². The predicted octanol–water partition coefficient (Wildman–Crippen LogP) is 3.93. The van der Waals surface area contributed by atoms with Crippen LogP contribution in [0.25, 0.3) is 0 Å². The summed E-state index contributed by atoms with van der Waals surface area (Å²) in [5.74, 6) is -0.313. The number of rotatable bonds is 8. The van der Waals surface area contributed by atoms with Gasteiger partial charge in [-0.3, -0.25) is 9.52 Å². The van der Waals surface area contributed by atoms with Crippen LogP contribution >= 0.6 is 11.3 Å². The van der Waals surface area contributed by atoms with E-state index in [1.54, 1.807) is 48.5 Å². The van der Waals surface area contributed by atoms with Crippen LogP contribution in [0.2, 0.25) is 0 Å². The van der Waals surface area contributed by atoms with Crippen LogP contribution < -0.4 is 14.8 Å². The molecule has 0 fully saturated rings. The Kier molecular flexibility index (Phi) is 8.78. The lowest BCUT2D eigenvalue weighted by Crippen LogP contribution is -2.50. The largest absolute Gasteiger partial charge is 0.487 e. The number of benzene rings is 2. The molecule has 208 valence electrons. The summed E-state index contributed by atoms with van der Waals surface area (Å²) in [7, 11) is -2.16. The number of aliphatic hydroxyl groups is 1. The minimum Gasteiger partial charge on any atom is -0.487 e. The van der Waals surface area contributed by atoms with Gasteiger partial charge in [-0.05, 0) is 48.7 Å². The Morgan fingerprint density at radius 2 is 1.92 bits per heavy atom. The monoisotopic (exact) mass is 572 g/mol. The normalized spacial score (nSPS) is 18.3. The number of amides is 3. The van der Waals surface area contributed by atoms with E-state index >= 15 is 0 Å². The van der Waals surface area contributed by atoms with Gasteiger partial charge >= 0.3 is 6.03 Å². The maximum Gasteiger partial charge on any atom is 0.321 e. The number of hydrogen-bond acceptors (Lipinski definition) is 7. The molecule has 0 unspecified atom stereocenters. The molecule has 2 heterocycles. The first-order chi connectivity index (χ1) is 18.6. The molecule has 1 aromatic heterocycles. The first-order valence-electron chi connectivity index (χ1n) is 12.4. The Bertz CT molecular complexity index is 1400. The highest BCUT2D eigenvalue weighted by molar-refractivity contribution is 7.94. The zero-order valence-corrected chi connectivity index (χ0v) is 23.5. The number of carbonyl (C=O) groups excluding carboxylic acids is 2. The van der Waals surface area contributed by atoms with Gasteiger partial charge in [-0.2, -0.15) is 0 Å². The molecule has 0 radical (unpaired) electrons. The maximum atomic E-state index is 13.6. The number of nitrogens with zero attached hydrogens (tertiary/aromatic N) is 2. The summed E-state index contributed by atoms with van der Waals surface area (Å²) in [6.45, 7) is 3.91. The van der Waals surface area contributed by atoms with Gasteiger partial charge in [0.05, 0.1) is 24.8 Å². The lowest BCUT2D eigenvalue weighted by atomic mass is 9.99. The lowest BCUT2D eigenvalue weighted by molar-refractivity contribution is 0.0371. The minimum atomic E-state index is -3.82. The summed E-state index contributed by atoms with van der Waals surface area (Å²) in [4.78, 5) is 29.5. The molecule has 0 spiro atoms. The first kappa shape index (κ1) is 28.4. The van der Waals surface area contributed by atoms with Gasteiger partial charge in [0, 0.05) is 30.9 Å². The number of anilines is 2. The molecule has 1 aliphatic rings. The molecule has 3 N–H and O–H groups in total. The van der Waals surface area contributed by atoms with Gasteiger partial charge in [0.15, 0.2) is 0 Å². The highest BCUT2D eigenvalue weighted by Gasteiger charge is 2.34. The van der Waals surface area contributed by atoms with Crippen molar-refractivity contribution in [3.05, 3.63) is 71.6 Å². The number of likely N-dealkylation sites (N-methyl/N-ethyl adjacent to an activating group) is 1. The van der Waals surface area contributed by atoms with Crippen molar-refractivity contribution in [3.8, 4) is 5.75 Å². The van der Waals surface area contributed by atoms with Gasteiger partial charge in [0.25, 0.3) is 15.9 Å². The average Bonchev–Trinajstić information content (AvgIpc) is 3.47. The van der Waals surface area contributed by atoms with E-state index in [1.165, 1.54) is 23.1 Å². The molecule has 12 heteroatoms. The lowest BCUT2D eigenvalue weighted by Gasteiger charge is -2.38. The van der Waals surface area contributed by atoms with E-state index in [0.29, 0.717) is 5.69 Å². The Hall–Kier alpha value is -3.61. The van der Waals surface area contributed by atoms with Crippen molar-refractivity contribution in [1.82, 2.24) is 9.80 Å². The number of aliphatic hydroxyl groups excluding tert-OH is 1. The third-order valence-electron chi connectivity index (χ3n) is 6.50. The van der Waals surface area contributed by atoms with E-state index in [4.69, 9.17) is 4.74 Å². The van der Waals surface area contributed by atoms with Gasteiger partial charge in [-0.1, -0.05) is 31.2 Å². The van der Waals surface area contributed by atoms with Crippen molar-refractivity contribution < 1.29 is 27.9 Å². The Morgan fingerprint density at radius 1 is 1.18 bits per heavy atom. The predicted molar refractivity (Wildman–Crippen MR) is 151 cm³/mol. The third kappa shape index (κ3) is 6.70. The van der Waals surface area contributed by atoms with E-state index in [9.17, 15) is 23.1 Å². The van der Waals surface area contributed by atoms with Crippen molar-refractivity contribution in [1.29, 1.82) is 0 Å². The standard InChI is InChI=1S/C27H32N4O6S2/c1-18-15-31(19(2)17-32)26(33)22-14-21(29-39(35,36)25-10-7-13-38-25)11-12-23(22)37-24(18)16-30(3)27(34)28-20-8-5-4-6-9-20/h4-14,18-19,24,29,32H,15-17H2,1-3H3,(H,28,34)/t18-,19+,24-/m1/s1. The molecule has 39 heavy (non-hydrogen) atoms. The van der Waals surface area contributed by atoms with Crippen LogP contribution in [0, 0.1) is 5.92 Å². The quantitative estimate of drug-likeness (QED) is 0.375. The summed E-state index contributed by atoms with van der Waals surface area (Å²) in [5.41, 5.74) is 1.03. The third-order valence-corrected chi connectivity index (χ3v) is 9.28. The minimum absolute atomic E-state index is 0.151. The number of carbonyl (C=O) groups is 2. The number of para-hydroxylation sites is 1. The molecular weight excluding hydrogens is 540 g/mol. The summed E-state index contributed by atoms with van der Waals surface area (Å²) in [6.07, 6.45) is -0.495. The second-order valence-electron chi connectivity index (χ2n) is 9.55. The molecule has 0 saturated heterocycles. The highest BCUT2D eigenvalue weighted by Crippen LogP contribution is 2.32. The van der Waals surface area contributed by atoms with Crippen molar-refractivity contribution in [2.45, 2.75) is 30.2 Å². The van der Waals surface area contributed by atoms with Crippen molar-refractivity contribution in [2.24, 2.45) is 5.92 Å². The summed E-state index contributed by atoms with van der Waals surface area (Å²) < 4.78 is 34.5. The van der Waals surface area contributed by atoms with E-state index < -0.39 is 22.2 Å². The molecule has 0 aliphatic carbocycles. The first-order valence-corrected chi connectivity index (χ1v) is 14.8. The van der Waals surface area contributed by atoms with Crippen LogP contribution in [0.4, 0.5) is 16.2 Å². The molecule has 4 rings (SSSR count). The molecule has 0 bridgehead atoms. The molecule has 1 aliphatic heterocycles. The fourth-order valence-corrected chi connectivity index (χ4v) is 6.26. The number of fused-ring (bicyclic) bond motifs is 1. The number of thiophene rings is 1. The molecule has 0 saturated carbocycles. The van der Waals surface area contributed by atoms with Crippen LogP contribution in [-0.4, -0.2) is 74.2 Å². The van der Waals surface area contributed by atoms with Crippen molar-refractivity contribution in [3.63, 3.8) is 0 Å². The summed E-state index contributed by atoms with van der Waals surface area (Å²) in [6, 6.07) is 16.0. The average molecular weight is 573 g/mol. The number of hydrogen-bond donors (Lipinski definition) is 3. The SMILES string of the molecule is C[C@@H]1CN([C@@H](C)CO)C(=O)c2cc(NS(=O)(=O)c3cccs3)ccc2O[C@@H]1CN(C)C(=O)Nc1ccccc1. The number of urea groups is 1. The van der Waals surface area contributed by atoms with Gasteiger partial charge in [-0.25, -0.2) is 13.2 Å². The van der Waals surface area contributed by atoms with E-state index in [1.807, 2.05) is 25.1 Å². The van der Waals surface area contributed by atoms with Crippen LogP contribution in [0.5, 0.6) is 5.75 Å². The summed E-state index contributed by atoms with van der Waals surface area (Å²) >= 11 is 1.09. The molecule has 2 aromatic carbocycles.